The van der Waals surface area contributed by atoms with Gasteiger partial charge in [-0.2, -0.15) is 0 Å². The van der Waals surface area contributed by atoms with Gasteiger partial charge in [-0.15, -0.1) is 11.3 Å². The summed E-state index contributed by atoms with van der Waals surface area (Å²) in [5, 5.41) is 5.32. The molecule has 0 radical (unpaired) electrons. The van der Waals surface area contributed by atoms with Crippen molar-refractivity contribution >= 4 is 22.9 Å². The van der Waals surface area contributed by atoms with Crippen LogP contribution in [-0.2, 0) is 0 Å². The minimum absolute atomic E-state index is 0.289. The van der Waals surface area contributed by atoms with Crippen molar-refractivity contribution in [2.45, 2.75) is 19.9 Å². The minimum Gasteiger partial charge on any atom is -0.462 e. The van der Waals surface area contributed by atoms with Gasteiger partial charge in [-0.25, -0.2) is 9.37 Å². The molecule has 4 rings (SSSR count). The number of halogens is 1. The van der Waals surface area contributed by atoms with E-state index in [0.29, 0.717) is 16.5 Å². The van der Waals surface area contributed by atoms with Gasteiger partial charge in [0.1, 0.15) is 11.5 Å². The maximum atomic E-state index is 14.1. The topological polar surface area (TPSA) is 61.6 Å². The fourth-order valence-electron chi connectivity index (χ4n) is 3.70. The number of carbonyl (C=O) groups excluding carboxylic acids is 1. The van der Waals surface area contributed by atoms with Gasteiger partial charge in [0.15, 0.2) is 10.8 Å². The molecule has 1 unspecified atom stereocenters. The molecule has 8 heteroatoms. The molecule has 158 valence electrons. The molecule has 6 nitrogen and oxygen atoms in total. The molecule has 0 saturated carbocycles. The molecule has 3 heterocycles. The first kappa shape index (κ1) is 20.6. The summed E-state index contributed by atoms with van der Waals surface area (Å²) < 4.78 is 19.4. The van der Waals surface area contributed by atoms with Crippen LogP contribution in [0.15, 0.2) is 46.4 Å². The van der Waals surface area contributed by atoms with Crippen molar-refractivity contribution in [2.75, 3.05) is 37.6 Å². The van der Waals surface area contributed by atoms with Crippen LogP contribution in [0.4, 0.5) is 10.1 Å². The lowest BCUT2D eigenvalue weighted by Gasteiger charge is -2.37. The highest BCUT2D eigenvalue weighted by molar-refractivity contribution is 7.13. The van der Waals surface area contributed by atoms with E-state index in [4.69, 9.17) is 4.42 Å². The second kappa shape index (κ2) is 8.97. The number of piperazine rings is 1. The summed E-state index contributed by atoms with van der Waals surface area (Å²) >= 11 is 1.35. The Morgan fingerprint density at radius 2 is 2.10 bits per heavy atom. The third kappa shape index (κ3) is 4.39. The Morgan fingerprint density at radius 1 is 1.30 bits per heavy atom. The number of furan rings is 1. The van der Waals surface area contributed by atoms with Crippen LogP contribution in [-0.4, -0.2) is 48.5 Å². The first-order valence-electron chi connectivity index (χ1n) is 10.1. The lowest BCUT2D eigenvalue weighted by Crippen LogP contribution is -2.46. The number of aromatic nitrogens is 1. The molecule has 0 aliphatic carbocycles. The highest BCUT2D eigenvalue weighted by Crippen LogP contribution is 2.29. The molecular formula is C22H25FN4O2S. The van der Waals surface area contributed by atoms with Crippen molar-refractivity contribution in [1.82, 2.24) is 15.2 Å². The Morgan fingerprint density at radius 3 is 2.80 bits per heavy atom. The molecule has 1 fully saturated rings. The first-order valence-corrected chi connectivity index (χ1v) is 11.0. The number of hydrogen-bond donors (Lipinski definition) is 1. The summed E-state index contributed by atoms with van der Waals surface area (Å²) in [7, 11) is 0. The molecule has 1 aliphatic rings. The fourth-order valence-corrected chi connectivity index (χ4v) is 4.47. The molecule has 3 aromatic rings. The first-order chi connectivity index (χ1) is 14.5. The summed E-state index contributed by atoms with van der Waals surface area (Å²) in [6.45, 7) is 8.77. The predicted molar refractivity (Wildman–Crippen MR) is 116 cm³/mol. The molecule has 1 aliphatic heterocycles. The van der Waals surface area contributed by atoms with Gasteiger partial charge < -0.3 is 19.5 Å². The zero-order chi connectivity index (χ0) is 21.1. The summed E-state index contributed by atoms with van der Waals surface area (Å²) in [5.41, 5.74) is 2.07. The van der Waals surface area contributed by atoms with E-state index in [-0.39, 0.29) is 17.8 Å². The van der Waals surface area contributed by atoms with Crippen LogP contribution < -0.4 is 10.2 Å². The van der Waals surface area contributed by atoms with Crippen molar-refractivity contribution in [3.63, 3.8) is 0 Å². The number of carbonyl (C=O) groups is 1. The van der Waals surface area contributed by atoms with Crippen LogP contribution in [0.5, 0.6) is 0 Å². The second-order valence-corrected chi connectivity index (χ2v) is 8.19. The van der Waals surface area contributed by atoms with E-state index < -0.39 is 0 Å². The second-order valence-electron chi connectivity index (χ2n) is 7.33. The van der Waals surface area contributed by atoms with Crippen LogP contribution >= 0.6 is 11.3 Å². The number of rotatable bonds is 6. The molecular weight excluding hydrogens is 403 g/mol. The molecule has 0 spiro atoms. The van der Waals surface area contributed by atoms with Gasteiger partial charge in [0, 0.05) is 42.8 Å². The van der Waals surface area contributed by atoms with Gasteiger partial charge in [0.05, 0.1) is 12.3 Å². The van der Waals surface area contributed by atoms with Gasteiger partial charge in [0.2, 0.25) is 0 Å². The zero-order valence-electron chi connectivity index (χ0n) is 17.1. The van der Waals surface area contributed by atoms with Crippen LogP contribution in [0.3, 0.4) is 0 Å². The maximum absolute atomic E-state index is 14.1. The van der Waals surface area contributed by atoms with Crippen molar-refractivity contribution in [3.8, 4) is 10.8 Å². The highest BCUT2D eigenvalue weighted by Gasteiger charge is 2.23. The van der Waals surface area contributed by atoms with E-state index in [9.17, 15) is 9.18 Å². The molecule has 1 aromatic carbocycles. The Labute approximate surface area is 179 Å². The zero-order valence-corrected chi connectivity index (χ0v) is 17.9. The van der Waals surface area contributed by atoms with Crippen LogP contribution in [0.2, 0.25) is 0 Å². The van der Waals surface area contributed by atoms with E-state index in [2.05, 4.69) is 27.0 Å². The van der Waals surface area contributed by atoms with E-state index >= 15 is 0 Å². The monoisotopic (exact) mass is 428 g/mol. The molecule has 1 atom stereocenters. The van der Waals surface area contributed by atoms with Crippen molar-refractivity contribution in [1.29, 1.82) is 0 Å². The molecule has 1 N–H and O–H groups in total. The third-order valence-corrected chi connectivity index (χ3v) is 6.29. The maximum Gasteiger partial charge on any atom is 0.271 e. The normalized spacial score (nSPS) is 15.9. The average molecular weight is 429 g/mol. The fraction of sp³-hybridized carbons (Fsp3) is 0.364. The van der Waals surface area contributed by atoms with Gasteiger partial charge in [-0.1, -0.05) is 6.92 Å². The quantitative estimate of drug-likeness (QED) is 0.638. The van der Waals surface area contributed by atoms with Gasteiger partial charge in [-0.05, 0) is 43.8 Å². The average Bonchev–Trinajstić information content (AvgIpc) is 3.45. The van der Waals surface area contributed by atoms with Crippen LogP contribution in [0, 0.1) is 5.82 Å². The molecule has 0 bridgehead atoms. The summed E-state index contributed by atoms with van der Waals surface area (Å²) in [6, 6.07) is 8.04. The van der Waals surface area contributed by atoms with E-state index in [1.807, 2.05) is 13.0 Å². The number of thiazole rings is 1. The lowest BCUT2D eigenvalue weighted by atomic mass is 10.0. The number of likely N-dealkylation sites (N-methyl/N-ethyl adjacent to an activating group) is 1. The largest absolute Gasteiger partial charge is 0.462 e. The van der Waals surface area contributed by atoms with Crippen LogP contribution in [0.1, 0.15) is 35.9 Å². The Hall–Kier alpha value is -2.71. The Bertz CT molecular complexity index is 996. The SMILES string of the molecule is CCN1CCN(c2ccc(F)cc2C(C)NC(=O)c2csc(-c3ccco3)n2)CC1. The van der Waals surface area contributed by atoms with Gasteiger partial charge >= 0.3 is 0 Å². The minimum atomic E-state index is -0.360. The third-order valence-electron chi connectivity index (χ3n) is 5.43. The molecule has 1 amide bonds. The van der Waals surface area contributed by atoms with Crippen LogP contribution in [0.25, 0.3) is 10.8 Å². The van der Waals surface area contributed by atoms with E-state index in [1.54, 1.807) is 23.8 Å². The van der Waals surface area contributed by atoms with Gasteiger partial charge in [0.25, 0.3) is 5.91 Å². The molecule has 2 aromatic heterocycles. The Balaban J connectivity index is 1.50. The van der Waals surface area contributed by atoms with E-state index in [1.165, 1.54) is 23.5 Å². The van der Waals surface area contributed by atoms with Crippen molar-refractivity contribution in [3.05, 3.63) is 59.0 Å². The smallest absolute Gasteiger partial charge is 0.271 e. The number of anilines is 1. The number of amides is 1. The van der Waals surface area contributed by atoms with Crippen molar-refractivity contribution < 1.29 is 13.6 Å². The number of nitrogens with zero attached hydrogens (tertiary/aromatic N) is 3. The molecule has 1 saturated heterocycles. The number of hydrogen-bond acceptors (Lipinski definition) is 6. The van der Waals surface area contributed by atoms with E-state index in [0.717, 1.165) is 44.0 Å². The highest BCUT2D eigenvalue weighted by atomic mass is 32.1. The predicted octanol–water partition coefficient (Wildman–Crippen LogP) is 4.18. The lowest BCUT2D eigenvalue weighted by molar-refractivity contribution is 0.0935. The summed E-state index contributed by atoms with van der Waals surface area (Å²) in [5.74, 6) is 0.0316. The summed E-state index contributed by atoms with van der Waals surface area (Å²) in [6.07, 6.45) is 1.57. The molecule has 30 heavy (non-hydrogen) atoms. The van der Waals surface area contributed by atoms with Gasteiger partial charge in [-0.3, -0.25) is 4.79 Å². The number of benzene rings is 1. The Kier molecular flexibility index (Phi) is 6.15. The number of nitrogens with one attached hydrogen (secondary N) is 1. The summed E-state index contributed by atoms with van der Waals surface area (Å²) in [4.78, 5) is 21.8. The van der Waals surface area contributed by atoms with Crippen molar-refractivity contribution in [2.24, 2.45) is 0 Å². The standard InChI is InChI=1S/C22H25FN4O2S/c1-3-26-8-10-27(11-9-26)19-7-6-16(23)13-17(19)15(2)24-21(28)18-14-30-22(25-18)20-5-4-12-29-20/h4-7,12-15H,3,8-11H2,1-2H3,(H,24,28).